The first-order valence-corrected chi connectivity index (χ1v) is 22.3. The predicted molar refractivity (Wildman–Crippen MR) is 251 cm³/mol. The molecule has 2 unspecified atom stereocenters. The maximum Gasteiger partial charge on any atom is 0.289 e. The summed E-state index contributed by atoms with van der Waals surface area (Å²) in [5, 5.41) is 19.3. The molecular weight excluding hydrogens is 789 g/mol. The smallest absolute Gasteiger partial charge is 0.289 e. The maximum atomic E-state index is 12.9. The van der Waals surface area contributed by atoms with Gasteiger partial charge in [-0.05, 0) is 42.0 Å². The average molecular weight is 871 g/mol. The molecule has 62 heavy (non-hydrogen) atoms. The lowest BCUT2D eigenvalue weighted by Crippen LogP contribution is -2.50. The number of benzene rings is 2. The summed E-state index contributed by atoms with van der Waals surface area (Å²) in [6.45, 7) is 26.4. The zero-order valence-electron chi connectivity index (χ0n) is 40.3. The minimum absolute atomic E-state index is 0.0136. The van der Waals surface area contributed by atoms with Gasteiger partial charge < -0.3 is 40.9 Å². The van der Waals surface area contributed by atoms with E-state index in [0.29, 0.717) is 55.0 Å². The van der Waals surface area contributed by atoms with E-state index >= 15 is 0 Å². The van der Waals surface area contributed by atoms with Crippen molar-refractivity contribution in [2.24, 2.45) is 5.92 Å². The van der Waals surface area contributed by atoms with Crippen molar-refractivity contribution in [2.75, 3.05) is 53.5 Å². The molecule has 5 N–H and O–H groups in total. The minimum atomic E-state index is -0.947. The third-order valence-electron chi connectivity index (χ3n) is 7.95. The average Bonchev–Trinajstić information content (AvgIpc) is 3.78. The highest BCUT2D eigenvalue weighted by molar-refractivity contribution is 6.37. The number of Topliss-reactive ketones (excluding diaryl/α,β-unsaturated/α-hetero) is 1. The second-order valence-corrected chi connectivity index (χ2v) is 14.2. The molecule has 2 aromatic carbocycles. The molecule has 2 atom stereocenters. The molecule has 0 spiro atoms. The van der Waals surface area contributed by atoms with Gasteiger partial charge in [0, 0.05) is 39.4 Å². The molecule has 1 heterocycles. The van der Waals surface area contributed by atoms with Crippen LogP contribution in [0.15, 0.2) is 66.9 Å². The molecule has 5 amide bonds. The quantitative estimate of drug-likeness (QED) is 0.0790. The summed E-state index contributed by atoms with van der Waals surface area (Å²) in [5.41, 5.74) is 1.69. The number of hydrogen-bond acceptors (Lipinski definition) is 9. The third-order valence-corrected chi connectivity index (χ3v) is 7.95. The number of ketones is 1. The van der Waals surface area contributed by atoms with E-state index in [4.69, 9.17) is 9.84 Å². The first-order valence-electron chi connectivity index (χ1n) is 22.3. The van der Waals surface area contributed by atoms with Gasteiger partial charge >= 0.3 is 0 Å². The molecule has 0 aromatic heterocycles. The molecule has 0 aliphatic carbocycles. The van der Waals surface area contributed by atoms with E-state index in [9.17, 15) is 28.8 Å². The fraction of sp³-hybridized carbons (Fsp3) is 0.583. The lowest BCUT2D eigenvalue weighted by Gasteiger charge is -2.24. The van der Waals surface area contributed by atoms with Crippen LogP contribution in [-0.2, 0) is 35.2 Å². The number of carbonyl (C=O) groups excluding carboxylic acids is 6. The molecule has 1 fully saturated rings. The molecular formula is C48H82N6O8. The van der Waals surface area contributed by atoms with Gasteiger partial charge in [-0.15, -0.1) is 0 Å². The van der Waals surface area contributed by atoms with Crippen LogP contribution >= 0.6 is 0 Å². The van der Waals surface area contributed by atoms with Crippen molar-refractivity contribution in [3.8, 4) is 5.75 Å². The van der Waals surface area contributed by atoms with E-state index in [2.05, 4.69) is 62.5 Å². The largest absolute Gasteiger partial charge is 0.493 e. The monoisotopic (exact) mass is 871 g/mol. The van der Waals surface area contributed by atoms with E-state index < -0.39 is 42.1 Å². The molecule has 1 aliphatic rings. The predicted octanol–water partition coefficient (Wildman–Crippen LogP) is 6.38. The van der Waals surface area contributed by atoms with Gasteiger partial charge in [0.05, 0.1) is 32.7 Å². The van der Waals surface area contributed by atoms with Gasteiger partial charge in [-0.25, -0.2) is 0 Å². The number of ether oxygens (including phenoxy) is 1. The van der Waals surface area contributed by atoms with Crippen LogP contribution in [0.3, 0.4) is 0 Å². The summed E-state index contributed by atoms with van der Waals surface area (Å²) in [5.74, 6) is -2.07. The summed E-state index contributed by atoms with van der Waals surface area (Å²) in [7, 11) is 3.25. The number of aliphatic hydroxyl groups excluding tert-OH is 1. The Morgan fingerprint density at radius 2 is 1.44 bits per heavy atom. The first kappa shape index (κ1) is 61.1. The number of rotatable bonds is 19. The maximum absolute atomic E-state index is 12.9. The Balaban J connectivity index is -0.00000220. The van der Waals surface area contributed by atoms with E-state index in [0.717, 1.165) is 5.92 Å². The highest BCUT2D eigenvalue weighted by atomic mass is 16.5. The number of amides is 5. The van der Waals surface area contributed by atoms with E-state index in [-0.39, 0.29) is 37.9 Å². The Morgan fingerprint density at radius 3 is 1.98 bits per heavy atom. The lowest BCUT2D eigenvalue weighted by molar-refractivity contribution is -0.140. The standard InChI is InChI=1S/C34H44N6O8.2C4H10.3C2H6/c1-23(38-31(34(47)39(2)3)25-11-5-4-6-12-25)20-36-33(46)28(42)21-37-32(45)27-14-8-15-40(27)30(44)22-35-29(43)19-24-10-7-13-26(18-24)48-17-9-16-41;1-4(2)3;1-3-4-2;3*1-2/h4-7,10-13,18,27,31,38,41H,1,8-9,14-17,19-22H2,2-3H3,(H,35,43)(H,36,46)(H,37,45);4H,1-3H3;3-4H2,1-2H3;3*1-2H3. The zero-order valence-corrected chi connectivity index (χ0v) is 40.3. The molecule has 0 saturated carbocycles. The Labute approximate surface area is 374 Å². The minimum Gasteiger partial charge on any atom is -0.493 e. The van der Waals surface area contributed by atoms with Crippen molar-refractivity contribution < 1.29 is 38.6 Å². The Morgan fingerprint density at radius 1 is 0.839 bits per heavy atom. The van der Waals surface area contributed by atoms with Gasteiger partial charge in [-0.2, -0.15) is 0 Å². The highest BCUT2D eigenvalue weighted by Gasteiger charge is 2.34. The Kier molecular flexibility index (Phi) is 38.1. The number of nitrogens with one attached hydrogen (secondary N) is 4. The first-order chi connectivity index (χ1) is 29.6. The summed E-state index contributed by atoms with van der Waals surface area (Å²) >= 11 is 0. The lowest BCUT2D eigenvalue weighted by atomic mass is 10.1. The molecule has 14 heteroatoms. The van der Waals surface area contributed by atoms with Crippen molar-refractivity contribution in [3.63, 3.8) is 0 Å². The number of aliphatic hydroxyl groups is 1. The normalized spacial score (nSPS) is 12.4. The second kappa shape index (κ2) is 38.7. The number of hydrogen-bond donors (Lipinski definition) is 5. The molecule has 3 rings (SSSR count). The van der Waals surface area contributed by atoms with Crippen molar-refractivity contribution >= 4 is 35.3 Å². The van der Waals surface area contributed by atoms with Gasteiger partial charge in [-0.1, -0.05) is 138 Å². The Bertz CT molecular complexity index is 1550. The molecule has 1 aliphatic heterocycles. The van der Waals surface area contributed by atoms with Gasteiger partial charge in [0.25, 0.3) is 5.91 Å². The second-order valence-electron chi connectivity index (χ2n) is 14.2. The molecule has 0 radical (unpaired) electrons. The van der Waals surface area contributed by atoms with Crippen molar-refractivity contribution in [1.29, 1.82) is 0 Å². The van der Waals surface area contributed by atoms with Gasteiger partial charge in [0.1, 0.15) is 17.8 Å². The number of unbranched alkanes of at least 4 members (excludes halogenated alkanes) is 1. The van der Waals surface area contributed by atoms with Crippen LogP contribution in [0.2, 0.25) is 0 Å². The van der Waals surface area contributed by atoms with Crippen molar-refractivity contribution in [2.45, 2.75) is 127 Å². The highest BCUT2D eigenvalue weighted by Crippen LogP contribution is 2.18. The summed E-state index contributed by atoms with van der Waals surface area (Å²) < 4.78 is 5.53. The molecule has 0 bridgehead atoms. The SMILES string of the molecule is C=C(CNC(=O)C(=O)CNC(=O)C1CCCN1C(=O)CNC(=O)Cc1cccc(OCCCO)c1)NC(C(=O)N(C)C)c1ccccc1.CC.CC.CC.CC(C)C.CCCC. The summed E-state index contributed by atoms with van der Waals surface area (Å²) in [4.78, 5) is 78.6. The van der Waals surface area contributed by atoms with Gasteiger partial charge in [0.15, 0.2) is 0 Å². The van der Waals surface area contributed by atoms with Crippen LogP contribution in [0.1, 0.15) is 125 Å². The molecule has 1 saturated heterocycles. The number of carbonyl (C=O) groups is 6. The van der Waals surface area contributed by atoms with Gasteiger partial charge in [0.2, 0.25) is 29.4 Å². The van der Waals surface area contributed by atoms with Crippen LogP contribution < -0.4 is 26.0 Å². The van der Waals surface area contributed by atoms with E-state index in [1.807, 2.05) is 47.6 Å². The fourth-order valence-corrected chi connectivity index (χ4v) is 4.96. The van der Waals surface area contributed by atoms with E-state index in [1.165, 1.54) is 22.6 Å². The number of likely N-dealkylation sites (tertiary alicyclic amines) is 1. The summed E-state index contributed by atoms with van der Waals surface area (Å²) in [6.07, 6.45) is 4.07. The molecule has 2 aromatic rings. The zero-order chi connectivity index (χ0) is 48.0. The fourth-order valence-electron chi connectivity index (χ4n) is 4.96. The van der Waals surface area contributed by atoms with E-state index in [1.54, 1.807) is 62.6 Å². The topological polar surface area (TPSA) is 186 Å². The number of nitrogens with zero attached hydrogens (tertiary/aromatic N) is 2. The van der Waals surface area contributed by atoms with Crippen molar-refractivity contribution in [1.82, 2.24) is 31.1 Å². The molecule has 14 nitrogen and oxygen atoms in total. The molecule has 352 valence electrons. The van der Waals surface area contributed by atoms with Crippen LogP contribution in [-0.4, -0.2) is 110 Å². The summed E-state index contributed by atoms with van der Waals surface area (Å²) in [6, 6.07) is 14.4. The van der Waals surface area contributed by atoms with Gasteiger partial charge in [-0.3, -0.25) is 28.8 Å². The van der Waals surface area contributed by atoms with Crippen LogP contribution in [0.5, 0.6) is 5.75 Å². The van der Waals surface area contributed by atoms with Crippen molar-refractivity contribution in [3.05, 3.63) is 78.0 Å². The third kappa shape index (κ3) is 27.6. The Hall–Kier alpha value is -5.24. The van der Waals surface area contributed by atoms with Crippen LogP contribution in [0, 0.1) is 5.92 Å². The number of likely N-dealkylation sites (N-methyl/N-ethyl adjacent to an activating group) is 1. The van der Waals surface area contributed by atoms with Crippen LogP contribution in [0.25, 0.3) is 0 Å². The van der Waals surface area contributed by atoms with Crippen LogP contribution in [0.4, 0.5) is 0 Å².